The summed E-state index contributed by atoms with van der Waals surface area (Å²) < 4.78 is 12.8. The van der Waals surface area contributed by atoms with E-state index in [2.05, 4.69) is 35.1 Å². The molecular weight excluding hydrogens is 290 g/mol. The standard InChI is InChI=1S/C18H25N3O2/c1-13-17(18(23-4)20(2)19-13)16-9-6-10-21(16)12-14-7-5-8-15(11-14)22-3/h5,7-8,11,16H,6,9-10,12H2,1-4H3. The Labute approximate surface area is 137 Å². The van der Waals surface area contributed by atoms with E-state index >= 15 is 0 Å². The number of nitrogens with zero attached hydrogens (tertiary/aromatic N) is 3. The minimum absolute atomic E-state index is 0.366. The highest BCUT2D eigenvalue weighted by atomic mass is 16.5. The summed E-state index contributed by atoms with van der Waals surface area (Å²) in [4.78, 5) is 2.52. The van der Waals surface area contributed by atoms with Gasteiger partial charge in [-0.15, -0.1) is 0 Å². The van der Waals surface area contributed by atoms with Gasteiger partial charge in [0.1, 0.15) is 5.75 Å². The van der Waals surface area contributed by atoms with Crippen LogP contribution in [0.25, 0.3) is 0 Å². The number of hydrogen-bond donors (Lipinski definition) is 0. The van der Waals surface area contributed by atoms with Crippen molar-refractivity contribution in [3.8, 4) is 11.6 Å². The third-order valence-electron chi connectivity index (χ3n) is 4.62. The van der Waals surface area contributed by atoms with Crippen LogP contribution in [-0.2, 0) is 13.6 Å². The molecule has 0 bridgehead atoms. The molecule has 0 N–H and O–H groups in total. The Morgan fingerprint density at radius 2 is 2.09 bits per heavy atom. The Morgan fingerprint density at radius 3 is 2.83 bits per heavy atom. The van der Waals surface area contributed by atoms with E-state index in [1.165, 1.54) is 17.5 Å². The van der Waals surface area contributed by atoms with Crippen LogP contribution in [0.3, 0.4) is 0 Å². The van der Waals surface area contributed by atoms with Gasteiger partial charge in [-0.25, -0.2) is 4.68 Å². The van der Waals surface area contributed by atoms with E-state index in [-0.39, 0.29) is 0 Å². The molecule has 1 aromatic heterocycles. The zero-order valence-corrected chi connectivity index (χ0v) is 14.4. The molecule has 0 amide bonds. The highest BCUT2D eigenvalue weighted by molar-refractivity contribution is 5.35. The molecule has 1 saturated heterocycles. The van der Waals surface area contributed by atoms with Crippen LogP contribution >= 0.6 is 0 Å². The van der Waals surface area contributed by atoms with Gasteiger partial charge in [-0.2, -0.15) is 5.10 Å². The zero-order valence-electron chi connectivity index (χ0n) is 14.4. The largest absolute Gasteiger partial charge is 0.497 e. The van der Waals surface area contributed by atoms with E-state index in [1.54, 1.807) is 14.2 Å². The molecule has 0 spiro atoms. The van der Waals surface area contributed by atoms with Gasteiger partial charge < -0.3 is 9.47 Å². The molecule has 1 fully saturated rings. The second-order valence-corrected chi connectivity index (χ2v) is 6.11. The first kappa shape index (κ1) is 15.9. The molecule has 0 radical (unpaired) electrons. The van der Waals surface area contributed by atoms with Gasteiger partial charge >= 0.3 is 0 Å². The number of aryl methyl sites for hydroxylation is 2. The minimum atomic E-state index is 0.366. The number of rotatable bonds is 5. The fourth-order valence-electron chi connectivity index (χ4n) is 3.63. The molecule has 1 atom stereocenters. The Bertz CT molecular complexity index is 681. The maximum atomic E-state index is 5.60. The number of likely N-dealkylation sites (tertiary alicyclic amines) is 1. The Hall–Kier alpha value is -2.01. The van der Waals surface area contributed by atoms with Gasteiger partial charge in [-0.05, 0) is 44.0 Å². The summed E-state index contributed by atoms with van der Waals surface area (Å²) in [5, 5.41) is 4.54. The topological polar surface area (TPSA) is 39.5 Å². The molecule has 0 saturated carbocycles. The first-order chi connectivity index (χ1) is 11.1. The summed E-state index contributed by atoms with van der Waals surface area (Å²) in [5.74, 6) is 1.79. The lowest BCUT2D eigenvalue weighted by Gasteiger charge is -2.25. The van der Waals surface area contributed by atoms with Gasteiger partial charge in [0.15, 0.2) is 0 Å². The first-order valence-corrected chi connectivity index (χ1v) is 8.08. The van der Waals surface area contributed by atoms with Gasteiger partial charge in [0.2, 0.25) is 5.88 Å². The molecule has 1 aliphatic heterocycles. The molecule has 0 aliphatic carbocycles. The molecule has 1 aliphatic rings. The van der Waals surface area contributed by atoms with E-state index in [0.29, 0.717) is 6.04 Å². The fourth-order valence-corrected chi connectivity index (χ4v) is 3.63. The predicted octanol–water partition coefficient (Wildman–Crippen LogP) is 3.08. The summed E-state index contributed by atoms with van der Waals surface area (Å²) >= 11 is 0. The average Bonchev–Trinajstić information content (AvgIpc) is 3.10. The quantitative estimate of drug-likeness (QED) is 0.850. The van der Waals surface area contributed by atoms with Crippen molar-refractivity contribution >= 4 is 0 Å². The Kier molecular flexibility index (Phi) is 4.57. The van der Waals surface area contributed by atoms with Gasteiger partial charge in [0.25, 0.3) is 0 Å². The number of hydrogen-bond acceptors (Lipinski definition) is 4. The molecular formula is C18H25N3O2. The number of aromatic nitrogens is 2. The molecule has 124 valence electrons. The lowest BCUT2D eigenvalue weighted by molar-refractivity contribution is 0.240. The van der Waals surface area contributed by atoms with Crippen LogP contribution in [-0.4, -0.2) is 35.4 Å². The van der Waals surface area contributed by atoms with Crippen molar-refractivity contribution in [3.63, 3.8) is 0 Å². The summed E-state index contributed by atoms with van der Waals surface area (Å²) in [5.41, 5.74) is 3.57. The highest BCUT2D eigenvalue weighted by Gasteiger charge is 2.32. The van der Waals surface area contributed by atoms with Crippen LogP contribution in [0.15, 0.2) is 24.3 Å². The molecule has 5 heteroatoms. The smallest absolute Gasteiger partial charge is 0.216 e. The normalized spacial score (nSPS) is 18.3. The SMILES string of the molecule is COc1cccc(CN2CCCC2c2c(C)nn(C)c2OC)c1. The Balaban J connectivity index is 1.86. The van der Waals surface area contributed by atoms with Crippen molar-refractivity contribution in [1.29, 1.82) is 0 Å². The number of benzene rings is 1. The maximum absolute atomic E-state index is 5.60. The van der Waals surface area contributed by atoms with Crippen LogP contribution in [0.1, 0.15) is 35.7 Å². The van der Waals surface area contributed by atoms with Crippen molar-refractivity contribution in [2.24, 2.45) is 7.05 Å². The summed E-state index contributed by atoms with van der Waals surface area (Å²) in [6.07, 6.45) is 2.35. The third kappa shape index (κ3) is 3.06. The minimum Gasteiger partial charge on any atom is -0.497 e. The van der Waals surface area contributed by atoms with Crippen LogP contribution in [0.5, 0.6) is 11.6 Å². The molecule has 2 aromatic rings. The lowest BCUT2D eigenvalue weighted by atomic mass is 10.0. The van der Waals surface area contributed by atoms with E-state index in [1.807, 2.05) is 17.8 Å². The second kappa shape index (κ2) is 6.62. The van der Waals surface area contributed by atoms with Crippen molar-refractivity contribution < 1.29 is 9.47 Å². The van der Waals surface area contributed by atoms with E-state index in [9.17, 15) is 0 Å². The van der Waals surface area contributed by atoms with Gasteiger partial charge in [0.05, 0.1) is 25.5 Å². The summed E-state index contributed by atoms with van der Waals surface area (Å²) in [7, 11) is 5.37. The average molecular weight is 315 g/mol. The van der Waals surface area contributed by atoms with Crippen LogP contribution in [0.4, 0.5) is 0 Å². The summed E-state index contributed by atoms with van der Waals surface area (Å²) in [6.45, 7) is 4.08. The predicted molar refractivity (Wildman–Crippen MR) is 89.9 cm³/mol. The molecule has 3 rings (SSSR count). The molecule has 1 unspecified atom stereocenters. The Morgan fingerprint density at radius 1 is 1.26 bits per heavy atom. The van der Waals surface area contributed by atoms with Gasteiger partial charge in [0, 0.05) is 19.6 Å². The number of ether oxygens (including phenoxy) is 2. The van der Waals surface area contributed by atoms with Gasteiger partial charge in [-0.3, -0.25) is 4.90 Å². The summed E-state index contributed by atoms with van der Waals surface area (Å²) in [6, 6.07) is 8.67. The van der Waals surface area contributed by atoms with Crippen molar-refractivity contribution in [2.45, 2.75) is 32.4 Å². The van der Waals surface area contributed by atoms with Crippen LogP contribution in [0.2, 0.25) is 0 Å². The highest BCUT2D eigenvalue weighted by Crippen LogP contribution is 2.39. The van der Waals surface area contributed by atoms with Crippen LogP contribution in [0, 0.1) is 6.92 Å². The van der Waals surface area contributed by atoms with E-state index in [4.69, 9.17) is 9.47 Å². The zero-order chi connectivity index (χ0) is 16.4. The van der Waals surface area contributed by atoms with Gasteiger partial charge in [-0.1, -0.05) is 12.1 Å². The second-order valence-electron chi connectivity index (χ2n) is 6.11. The molecule has 23 heavy (non-hydrogen) atoms. The maximum Gasteiger partial charge on any atom is 0.216 e. The fraction of sp³-hybridized carbons (Fsp3) is 0.500. The van der Waals surface area contributed by atoms with Crippen molar-refractivity contribution in [2.75, 3.05) is 20.8 Å². The van der Waals surface area contributed by atoms with E-state index < -0.39 is 0 Å². The van der Waals surface area contributed by atoms with Crippen molar-refractivity contribution in [3.05, 3.63) is 41.1 Å². The first-order valence-electron chi connectivity index (χ1n) is 8.08. The van der Waals surface area contributed by atoms with Crippen molar-refractivity contribution in [1.82, 2.24) is 14.7 Å². The lowest BCUT2D eigenvalue weighted by Crippen LogP contribution is -2.23. The third-order valence-corrected chi connectivity index (χ3v) is 4.62. The van der Waals surface area contributed by atoms with Crippen LogP contribution < -0.4 is 9.47 Å². The van der Waals surface area contributed by atoms with E-state index in [0.717, 1.165) is 36.8 Å². The molecule has 1 aromatic carbocycles. The monoisotopic (exact) mass is 315 g/mol. The molecule has 5 nitrogen and oxygen atoms in total. The molecule has 2 heterocycles. The number of methoxy groups -OCH3 is 2.